The highest BCUT2D eigenvalue weighted by molar-refractivity contribution is 14.1. The average molecular weight is 490 g/mol. The van der Waals surface area contributed by atoms with Crippen LogP contribution in [0, 0.1) is 12.3 Å². The van der Waals surface area contributed by atoms with Crippen LogP contribution in [-0.2, 0) is 6.42 Å². The normalized spacial score (nSPS) is 12.2. The number of hydrogen-bond donors (Lipinski definition) is 0. The first-order valence-corrected chi connectivity index (χ1v) is 11.4. The zero-order valence-corrected chi connectivity index (χ0v) is 19.6. The van der Waals surface area contributed by atoms with Crippen LogP contribution in [0.2, 0.25) is 0 Å². The van der Waals surface area contributed by atoms with Crippen molar-refractivity contribution in [1.29, 1.82) is 0 Å². The van der Waals surface area contributed by atoms with E-state index in [9.17, 15) is 0 Å². The Morgan fingerprint density at radius 3 is 1.88 bits per heavy atom. The fourth-order valence-corrected chi connectivity index (χ4v) is 4.37. The van der Waals surface area contributed by atoms with Crippen LogP contribution in [0.4, 0.5) is 0 Å². The van der Waals surface area contributed by atoms with Crippen LogP contribution >= 0.6 is 22.6 Å². The Morgan fingerprint density at radius 1 is 0.885 bits per heavy atom. The van der Waals surface area contributed by atoms with E-state index < -0.39 is 0 Å². The smallest absolute Gasteiger partial charge is 0.200 e. The minimum absolute atomic E-state index is 0. The van der Waals surface area contributed by atoms with Crippen LogP contribution in [0.15, 0.2) is 30.3 Å². The monoisotopic (exact) mass is 489 g/mol. The van der Waals surface area contributed by atoms with Gasteiger partial charge < -0.3 is 16.9 Å². The van der Waals surface area contributed by atoms with Gasteiger partial charge in [-0.05, 0) is 37.2 Å². The maximum atomic E-state index is 5.91. The topological polar surface area (TPSA) is 0 Å². The van der Waals surface area contributed by atoms with Gasteiger partial charge in [-0.1, -0.05) is 69.9 Å². The van der Waals surface area contributed by atoms with Gasteiger partial charge in [-0.2, -0.15) is 0 Å². The molecule has 0 aliphatic heterocycles. The SMILES string of the molecule is C#CC(I)[N+](CCCCCC)(CCCCCC)CCc1ccccc1.[Cl-]. The van der Waals surface area contributed by atoms with Crippen molar-refractivity contribution < 1.29 is 16.9 Å². The molecule has 1 aromatic carbocycles. The molecule has 1 unspecified atom stereocenters. The van der Waals surface area contributed by atoms with Crippen LogP contribution in [0.25, 0.3) is 0 Å². The minimum Gasteiger partial charge on any atom is -1.00 e. The van der Waals surface area contributed by atoms with Crippen LogP contribution < -0.4 is 12.4 Å². The number of hydrogen-bond acceptors (Lipinski definition) is 0. The quantitative estimate of drug-likeness (QED) is 0.0935. The highest BCUT2D eigenvalue weighted by Gasteiger charge is 2.32. The maximum Gasteiger partial charge on any atom is 0.200 e. The second-order valence-corrected chi connectivity index (χ2v) is 8.43. The summed E-state index contributed by atoms with van der Waals surface area (Å²) >= 11 is 2.52. The van der Waals surface area contributed by atoms with E-state index in [0.717, 1.165) is 10.9 Å². The number of terminal acetylenes is 1. The Hall–Kier alpha value is -0.240. The number of nitrogens with zero attached hydrogens (tertiary/aromatic N) is 1. The lowest BCUT2D eigenvalue weighted by Gasteiger charge is -2.41. The highest BCUT2D eigenvalue weighted by Crippen LogP contribution is 2.24. The number of quaternary nitrogens is 1. The van der Waals surface area contributed by atoms with E-state index in [1.54, 1.807) is 0 Å². The van der Waals surface area contributed by atoms with Crippen molar-refractivity contribution in [1.82, 2.24) is 0 Å². The molecule has 0 amide bonds. The third kappa shape index (κ3) is 9.62. The fourth-order valence-electron chi connectivity index (χ4n) is 3.54. The first kappa shape index (κ1) is 25.8. The van der Waals surface area contributed by atoms with Crippen molar-refractivity contribution in [2.24, 2.45) is 0 Å². The summed E-state index contributed by atoms with van der Waals surface area (Å²) in [5.41, 5.74) is 1.44. The van der Waals surface area contributed by atoms with Gasteiger partial charge >= 0.3 is 0 Å². The van der Waals surface area contributed by atoms with Gasteiger partial charge in [0.15, 0.2) is 0 Å². The Balaban J connectivity index is 0.00000625. The molecule has 0 spiro atoms. The summed E-state index contributed by atoms with van der Waals surface area (Å²) in [5.74, 6) is 3.08. The molecule has 148 valence electrons. The summed E-state index contributed by atoms with van der Waals surface area (Å²) in [6.07, 6.45) is 17.6. The van der Waals surface area contributed by atoms with E-state index in [1.807, 2.05) is 0 Å². The van der Waals surface area contributed by atoms with Crippen molar-refractivity contribution in [2.45, 2.75) is 75.7 Å². The summed E-state index contributed by atoms with van der Waals surface area (Å²) in [4.78, 5) is 0. The Kier molecular flexibility index (Phi) is 15.6. The molecule has 3 heteroatoms. The summed E-state index contributed by atoms with van der Waals surface area (Å²) in [7, 11) is 0. The molecule has 26 heavy (non-hydrogen) atoms. The van der Waals surface area contributed by atoms with Crippen LogP contribution in [0.1, 0.15) is 70.8 Å². The van der Waals surface area contributed by atoms with Crippen molar-refractivity contribution in [3.63, 3.8) is 0 Å². The van der Waals surface area contributed by atoms with Crippen molar-refractivity contribution in [2.75, 3.05) is 19.6 Å². The standard InChI is InChI=1S/C23H37IN.ClH/c1-4-7-9-14-19-25(23(24)6-3,20-15-10-8-5-2)21-18-22-16-12-11-13-17-22;/h3,11-13,16-17,23H,4-5,7-10,14-15,18-21H2,1-2H3;1H/q+1;/p-1. The molecule has 0 aliphatic rings. The number of halogens is 2. The molecule has 0 saturated carbocycles. The first-order chi connectivity index (χ1) is 12.2. The fraction of sp³-hybridized carbons (Fsp3) is 0.652. The number of benzene rings is 1. The third-order valence-electron chi connectivity index (χ3n) is 5.22. The number of unbranched alkanes of at least 4 members (excludes halogenated alkanes) is 6. The largest absolute Gasteiger partial charge is 1.00 e. The van der Waals surface area contributed by atoms with E-state index in [4.69, 9.17) is 6.42 Å². The second-order valence-electron chi connectivity index (χ2n) is 7.25. The van der Waals surface area contributed by atoms with Crippen molar-refractivity contribution in [3.05, 3.63) is 35.9 Å². The zero-order valence-electron chi connectivity index (χ0n) is 16.7. The average Bonchev–Trinajstić information content (AvgIpc) is 2.66. The molecule has 0 heterocycles. The van der Waals surface area contributed by atoms with Crippen LogP contribution in [0.3, 0.4) is 0 Å². The Bertz CT molecular complexity index is 471. The molecule has 1 nitrogen and oxygen atoms in total. The molecule has 0 saturated heterocycles. The van der Waals surface area contributed by atoms with Gasteiger partial charge in [-0.15, -0.1) is 6.42 Å². The highest BCUT2D eigenvalue weighted by atomic mass is 127. The van der Waals surface area contributed by atoms with Gasteiger partial charge in [0.2, 0.25) is 4.05 Å². The van der Waals surface area contributed by atoms with E-state index in [1.165, 1.54) is 76.6 Å². The molecule has 1 aromatic rings. The molecule has 0 aliphatic carbocycles. The maximum absolute atomic E-state index is 5.91. The van der Waals surface area contributed by atoms with E-state index >= 15 is 0 Å². The molecular weight excluding hydrogens is 453 g/mol. The van der Waals surface area contributed by atoms with Gasteiger partial charge in [0, 0.05) is 29.0 Å². The predicted molar refractivity (Wildman–Crippen MR) is 120 cm³/mol. The summed E-state index contributed by atoms with van der Waals surface area (Å²) in [6.45, 7) is 8.20. The molecule has 0 radical (unpaired) electrons. The number of alkyl halides is 1. The zero-order chi connectivity index (χ0) is 18.4. The van der Waals surface area contributed by atoms with Gasteiger partial charge in [-0.25, -0.2) is 0 Å². The third-order valence-corrected chi connectivity index (χ3v) is 6.76. The second kappa shape index (κ2) is 15.8. The molecule has 1 atom stereocenters. The van der Waals surface area contributed by atoms with Gasteiger partial charge in [-0.3, -0.25) is 0 Å². The Labute approximate surface area is 182 Å². The van der Waals surface area contributed by atoms with Gasteiger partial charge in [0.1, 0.15) is 0 Å². The van der Waals surface area contributed by atoms with Gasteiger partial charge in [0.25, 0.3) is 0 Å². The van der Waals surface area contributed by atoms with Crippen LogP contribution in [0.5, 0.6) is 0 Å². The summed E-state index contributed by atoms with van der Waals surface area (Å²) in [5, 5.41) is 0. The predicted octanol–water partition coefficient (Wildman–Crippen LogP) is 3.60. The molecular formula is C23H37ClIN. The molecule has 0 fully saturated rings. The molecule has 1 rings (SSSR count). The van der Waals surface area contributed by atoms with E-state index in [-0.39, 0.29) is 16.5 Å². The molecule has 0 aromatic heterocycles. The van der Waals surface area contributed by atoms with E-state index in [0.29, 0.717) is 0 Å². The lowest BCUT2D eigenvalue weighted by molar-refractivity contribution is -0.927. The minimum atomic E-state index is 0. The van der Waals surface area contributed by atoms with Crippen LogP contribution in [-0.4, -0.2) is 28.2 Å². The Morgan fingerprint density at radius 2 is 1.42 bits per heavy atom. The summed E-state index contributed by atoms with van der Waals surface area (Å²) < 4.78 is 1.38. The number of rotatable bonds is 14. The summed E-state index contributed by atoms with van der Waals surface area (Å²) in [6, 6.07) is 10.9. The van der Waals surface area contributed by atoms with E-state index in [2.05, 4.69) is 72.7 Å². The lowest BCUT2D eigenvalue weighted by atomic mass is 10.1. The first-order valence-electron chi connectivity index (χ1n) is 10.2. The van der Waals surface area contributed by atoms with Gasteiger partial charge in [0.05, 0.1) is 19.6 Å². The lowest BCUT2D eigenvalue weighted by Crippen LogP contribution is -3.00. The molecule has 0 bridgehead atoms. The van der Waals surface area contributed by atoms with Crippen molar-refractivity contribution >= 4 is 22.6 Å². The van der Waals surface area contributed by atoms with Crippen molar-refractivity contribution in [3.8, 4) is 12.3 Å². The molecule has 0 N–H and O–H groups in total.